The third kappa shape index (κ3) is 1.98. The predicted octanol–water partition coefficient (Wildman–Crippen LogP) is 2.61. The van der Waals surface area contributed by atoms with Crippen LogP contribution in [0.15, 0.2) is 22.9 Å². The maximum absolute atomic E-state index is 5.74. The highest BCUT2D eigenvalue weighted by molar-refractivity contribution is 5.77. The van der Waals surface area contributed by atoms with Crippen LogP contribution in [0.2, 0.25) is 0 Å². The lowest BCUT2D eigenvalue weighted by atomic mass is 10.00. The molecule has 0 bridgehead atoms. The molecule has 1 heterocycles. The van der Waals surface area contributed by atoms with E-state index in [9.17, 15) is 0 Å². The van der Waals surface area contributed by atoms with Gasteiger partial charge < -0.3 is 15.2 Å². The number of anilines is 2. The number of nitrogens with two attached hydrogens (primary N) is 1. The first-order valence-electron chi connectivity index (χ1n) is 5.49. The summed E-state index contributed by atoms with van der Waals surface area (Å²) in [5, 5.41) is 3.71. The third-order valence-electron chi connectivity index (χ3n) is 3.03. The van der Waals surface area contributed by atoms with Crippen molar-refractivity contribution in [1.82, 2.24) is 5.16 Å². The monoisotopic (exact) mass is 231 g/mol. The molecule has 0 fully saturated rings. The van der Waals surface area contributed by atoms with Crippen LogP contribution in [-0.2, 0) is 0 Å². The van der Waals surface area contributed by atoms with Gasteiger partial charge in [-0.2, -0.15) is 0 Å². The van der Waals surface area contributed by atoms with Crippen LogP contribution < -0.4 is 10.6 Å². The van der Waals surface area contributed by atoms with E-state index in [0.717, 1.165) is 11.1 Å². The number of aryl methyl sites for hydroxylation is 1. The summed E-state index contributed by atoms with van der Waals surface area (Å²) in [5.41, 5.74) is 11.3. The summed E-state index contributed by atoms with van der Waals surface area (Å²) in [7, 11) is 4.06. The molecule has 0 aliphatic heterocycles. The van der Waals surface area contributed by atoms with Gasteiger partial charge in [0.25, 0.3) is 0 Å². The average molecular weight is 231 g/mol. The van der Waals surface area contributed by atoms with Gasteiger partial charge in [-0.3, -0.25) is 0 Å². The van der Waals surface area contributed by atoms with Crippen molar-refractivity contribution < 1.29 is 4.52 Å². The van der Waals surface area contributed by atoms with Crippen molar-refractivity contribution in [2.24, 2.45) is 0 Å². The summed E-state index contributed by atoms with van der Waals surface area (Å²) in [5.74, 6) is 0.359. The first-order valence-corrected chi connectivity index (χ1v) is 5.49. The lowest BCUT2D eigenvalue weighted by Gasteiger charge is -2.18. The number of rotatable bonds is 2. The molecule has 1 aromatic carbocycles. The van der Waals surface area contributed by atoms with Crippen LogP contribution in [0.3, 0.4) is 0 Å². The van der Waals surface area contributed by atoms with Crippen LogP contribution in [0.5, 0.6) is 0 Å². The van der Waals surface area contributed by atoms with Gasteiger partial charge in [-0.25, -0.2) is 0 Å². The number of nitrogen functional groups attached to an aromatic ring is 1. The van der Waals surface area contributed by atoms with Gasteiger partial charge in [-0.15, -0.1) is 0 Å². The number of hydrogen-bond donors (Lipinski definition) is 1. The van der Waals surface area contributed by atoms with E-state index in [1.165, 1.54) is 16.8 Å². The summed E-state index contributed by atoms with van der Waals surface area (Å²) in [6.07, 6.45) is 1.65. The van der Waals surface area contributed by atoms with Crippen molar-refractivity contribution >= 4 is 11.6 Å². The number of aromatic nitrogens is 1. The minimum atomic E-state index is 0.359. The first-order chi connectivity index (χ1) is 8.00. The summed E-state index contributed by atoms with van der Waals surface area (Å²) >= 11 is 0. The Hall–Kier alpha value is -1.97. The summed E-state index contributed by atoms with van der Waals surface area (Å²) < 4.78 is 4.90. The highest BCUT2D eigenvalue weighted by Crippen LogP contribution is 2.32. The van der Waals surface area contributed by atoms with Crippen molar-refractivity contribution in [2.75, 3.05) is 24.7 Å². The fraction of sp³-hybridized carbons (Fsp3) is 0.308. The van der Waals surface area contributed by atoms with Gasteiger partial charge in [0, 0.05) is 19.8 Å². The minimum absolute atomic E-state index is 0.359. The molecule has 0 aliphatic rings. The van der Waals surface area contributed by atoms with Crippen LogP contribution in [0.4, 0.5) is 11.6 Å². The molecule has 0 spiro atoms. The van der Waals surface area contributed by atoms with Crippen LogP contribution in [0.1, 0.15) is 11.1 Å². The Balaban J connectivity index is 2.61. The van der Waals surface area contributed by atoms with Gasteiger partial charge >= 0.3 is 0 Å². The largest absolute Gasteiger partial charge is 0.377 e. The summed E-state index contributed by atoms with van der Waals surface area (Å²) in [4.78, 5) is 2.09. The van der Waals surface area contributed by atoms with Gasteiger partial charge in [-0.1, -0.05) is 11.2 Å². The topological polar surface area (TPSA) is 55.3 Å². The van der Waals surface area contributed by atoms with Crippen molar-refractivity contribution in [1.29, 1.82) is 0 Å². The molecule has 0 saturated heterocycles. The summed E-state index contributed by atoms with van der Waals surface area (Å²) in [6, 6.07) is 4.20. The lowest BCUT2D eigenvalue weighted by molar-refractivity contribution is 0.436. The summed E-state index contributed by atoms with van der Waals surface area (Å²) in [6.45, 7) is 4.21. The molecule has 0 saturated carbocycles. The SMILES string of the molecule is Cc1cc(-c2cnoc2N)cc(N(C)C)c1C. The molecule has 17 heavy (non-hydrogen) atoms. The highest BCUT2D eigenvalue weighted by atomic mass is 16.5. The van der Waals surface area contributed by atoms with E-state index in [1.807, 2.05) is 14.1 Å². The molecule has 0 aliphatic carbocycles. The Kier molecular flexibility index (Phi) is 2.79. The van der Waals surface area contributed by atoms with Crippen molar-refractivity contribution in [3.05, 3.63) is 29.5 Å². The molecule has 0 atom stereocenters. The van der Waals surface area contributed by atoms with E-state index in [1.54, 1.807) is 6.20 Å². The number of benzene rings is 1. The Morgan fingerprint density at radius 1 is 1.24 bits per heavy atom. The van der Waals surface area contributed by atoms with Gasteiger partial charge in [-0.05, 0) is 36.6 Å². The van der Waals surface area contributed by atoms with Crippen LogP contribution in [-0.4, -0.2) is 19.3 Å². The van der Waals surface area contributed by atoms with Crippen LogP contribution >= 0.6 is 0 Å². The molecule has 2 aromatic rings. The van der Waals surface area contributed by atoms with E-state index in [0.29, 0.717) is 5.88 Å². The molecule has 0 unspecified atom stereocenters. The highest BCUT2D eigenvalue weighted by Gasteiger charge is 2.11. The molecular weight excluding hydrogens is 214 g/mol. The van der Waals surface area contributed by atoms with Crippen LogP contribution in [0, 0.1) is 13.8 Å². The number of hydrogen-bond acceptors (Lipinski definition) is 4. The van der Waals surface area contributed by atoms with Gasteiger partial charge in [0.2, 0.25) is 5.88 Å². The molecule has 1 aromatic heterocycles. The van der Waals surface area contributed by atoms with Crippen molar-refractivity contribution in [3.63, 3.8) is 0 Å². The van der Waals surface area contributed by atoms with Crippen molar-refractivity contribution in [3.8, 4) is 11.1 Å². The molecule has 0 amide bonds. The average Bonchev–Trinajstić information content (AvgIpc) is 2.68. The maximum atomic E-state index is 5.74. The quantitative estimate of drug-likeness (QED) is 0.863. The second-order valence-corrected chi connectivity index (χ2v) is 4.44. The van der Waals surface area contributed by atoms with E-state index in [2.05, 4.69) is 36.0 Å². The fourth-order valence-electron chi connectivity index (χ4n) is 1.93. The number of nitrogens with zero attached hydrogens (tertiary/aromatic N) is 2. The normalized spacial score (nSPS) is 10.6. The van der Waals surface area contributed by atoms with Gasteiger partial charge in [0.15, 0.2) is 0 Å². The zero-order valence-electron chi connectivity index (χ0n) is 10.6. The first kappa shape index (κ1) is 11.5. The molecule has 4 heteroatoms. The van der Waals surface area contributed by atoms with E-state index in [-0.39, 0.29) is 0 Å². The zero-order chi connectivity index (χ0) is 12.6. The molecule has 2 N–H and O–H groups in total. The predicted molar refractivity (Wildman–Crippen MR) is 70.2 cm³/mol. The van der Waals surface area contributed by atoms with Gasteiger partial charge in [0.05, 0.1) is 11.8 Å². The molecule has 0 radical (unpaired) electrons. The zero-order valence-corrected chi connectivity index (χ0v) is 10.6. The Labute approximate surface area is 101 Å². The molecular formula is C13H17N3O. The van der Waals surface area contributed by atoms with Gasteiger partial charge in [0.1, 0.15) is 0 Å². The second-order valence-electron chi connectivity index (χ2n) is 4.44. The van der Waals surface area contributed by atoms with E-state index in [4.69, 9.17) is 10.3 Å². The van der Waals surface area contributed by atoms with Crippen molar-refractivity contribution in [2.45, 2.75) is 13.8 Å². The Morgan fingerprint density at radius 3 is 2.47 bits per heavy atom. The fourth-order valence-corrected chi connectivity index (χ4v) is 1.93. The molecule has 2 rings (SSSR count). The Bertz CT molecular complexity index is 544. The molecule has 90 valence electrons. The van der Waals surface area contributed by atoms with Crippen LogP contribution in [0.25, 0.3) is 11.1 Å². The second kappa shape index (κ2) is 4.13. The minimum Gasteiger partial charge on any atom is -0.377 e. The smallest absolute Gasteiger partial charge is 0.229 e. The third-order valence-corrected chi connectivity index (χ3v) is 3.03. The molecule has 4 nitrogen and oxygen atoms in total. The van der Waals surface area contributed by atoms with E-state index < -0.39 is 0 Å². The lowest BCUT2D eigenvalue weighted by Crippen LogP contribution is -2.11. The standard InChI is InChI=1S/C13H17N3O/c1-8-5-10(11-7-15-17-13(11)14)6-12(9(8)2)16(3)4/h5-7H,14H2,1-4H3. The maximum Gasteiger partial charge on any atom is 0.229 e. The van der Waals surface area contributed by atoms with E-state index >= 15 is 0 Å². The Morgan fingerprint density at radius 2 is 1.94 bits per heavy atom.